The Balaban J connectivity index is 1.78. The third kappa shape index (κ3) is 2.96. The standard InChI is InChI=1S/C16H11ClN2OS/c17-14-12-8-4-5-9-13(12)21-15(14)16(20)19-18-10-11-6-2-1-3-7-11/h1-10H,(H,19,20)/b18-10+. The molecule has 1 aromatic heterocycles. The molecule has 0 saturated heterocycles. The summed E-state index contributed by atoms with van der Waals surface area (Å²) >= 11 is 7.61. The molecule has 1 N–H and O–H groups in total. The lowest BCUT2D eigenvalue weighted by Gasteiger charge is -1.97. The summed E-state index contributed by atoms with van der Waals surface area (Å²) in [5, 5.41) is 5.32. The topological polar surface area (TPSA) is 41.5 Å². The molecule has 0 aliphatic carbocycles. The molecule has 3 nitrogen and oxygen atoms in total. The van der Waals surface area contributed by atoms with Gasteiger partial charge in [-0.3, -0.25) is 4.79 Å². The van der Waals surface area contributed by atoms with E-state index in [1.54, 1.807) is 6.21 Å². The summed E-state index contributed by atoms with van der Waals surface area (Å²) < 4.78 is 0.986. The first-order valence-corrected chi connectivity index (χ1v) is 7.50. The van der Waals surface area contributed by atoms with Gasteiger partial charge in [0.2, 0.25) is 0 Å². The van der Waals surface area contributed by atoms with E-state index in [1.165, 1.54) is 11.3 Å². The van der Waals surface area contributed by atoms with E-state index in [1.807, 2.05) is 54.6 Å². The number of fused-ring (bicyclic) bond motifs is 1. The molecule has 104 valence electrons. The Bertz CT molecular complexity index is 812. The Morgan fingerprint density at radius 3 is 2.57 bits per heavy atom. The van der Waals surface area contributed by atoms with Crippen molar-refractivity contribution in [2.24, 2.45) is 5.10 Å². The minimum atomic E-state index is -0.298. The predicted molar refractivity (Wildman–Crippen MR) is 88.3 cm³/mol. The van der Waals surface area contributed by atoms with Crippen molar-refractivity contribution in [2.75, 3.05) is 0 Å². The number of halogens is 1. The van der Waals surface area contributed by atoms with E-state index in [-0.39, 0.29) is 5.91 Å². The van der Waals surface area contributed by atoms with Crippen LogP contribution in [0.25, 0.3) is 10.1 Å². The van der Waals surface area contributed by atoms with Crippen LogP contribution in [0.15, 0.2) is 59.7 Å². The minimum Gasteiger partial charge on any atom is -0.266 e. The molecule has 0 aliphatic rings. The van der Waals surface area contributed by atoms with Crippen molar-refractivity contribution in [3.05, 3.63) is 70.1 Å². The van der Waals surface area contributed by atoms with Gasteiger partial charge in [0.05, 0.1) is 11.2 Å². The zero-order valence-corrected chi connectivity index (χ0v) is 12.5. The molecule has 0 fully saturated rings. The second-order valence-corrected chi connectivity index (χ2v) is 5.78. The average molecular weight is 315 g/mol. The number of benzene rings is 2. The molecule has 1 heterocycles. The smallest absolute Gasteiger partial charge is 0.266 e. The number of hydrazone groups is 1. The summed E-state index contributed by atoms with van der Waals surface area (Å²) in [5.41, 5.74) is 3.42. The quantitative estimate of drug-likeness (QED) is 0.568. The molecular formula is C16H11ClN2OS. The first-order chi connectivity index (χ1) is 10.3. The monoisotopic (exact) mass is 314 g/mol. The van der Waals surface area contributed by atoms with Crippen LogP contribution in [0.4, 0.5) is 0 Å². The summed E-state index contributed by atoms with van der Waals surface area (Å²) in [7, 11) is 0. The number of hydrogen-bond donors (Lipinski definition) is 1. The molecule has 5 heteroatoms. The van der Waals surface area contributed by atoms with Gasteiger partial charge >= 0.3 is 0 Å². The fourth-order valence-corrected chi connectivity index (χ4v) is 3.32. The fourth-order valence-electron chi connectivity index (χ4n) is 1.92. The number of nitrogens with zero attached hydrogens (tertiary/aromatic N) is 1. The van der Waals surface area contributed by atoms with Crippen molar-refractivity contribution in [2.45, 2.75) is 0 Å². The molecule has 3 aromatic rings. The van der Waals surface area contributed by atoms with Crippen molar-refractivity contribution in [3.63, 3.8) is 0 Å². The van der Waals surface area contributed by atoms with Crippen LogP contribution in [0, 0.1) is 0 Å². The largest absolute Gasteiger partial charge is 0.283 e. The van der Waals surface area contributed by atoms with Crippen LogP contribution in [0.1, 0.15) is 15.2 Å². The van der Waals surface area contributed by atoms with Crippen LogP contribution in [0.5, 0.6) is 0 Å². The molecule has 3 rings (SSSR count). The second-order valence-electron chi connectivity index (χ2n) is 4.35. The number of amides is 1. The van der Waals surface area contributed by atoms with Gasteiger partial charge in [-0.1, -0.05) is 60.1 Å². The Hall–Kier alpha value is -2.17. The SMILES string of the molecule is O=C(N/N=C/c1ccccc1)c1sc2ccccc2c1Cl. The Morgan fingerprint density at radius 1 is 1.10 bits per heavy atom. The Morgan fingerprint density at radius 2 is 1.81 bits per heavy atom. The third-order valence-electron chi connectivity index (χ3n) is 2.92. The Labute approximate surface area is 130 Å². The highest BCUT2D eigenvalue weighted by Crippen LogP contribution is 2.34. The van der Waals surface area contributed by atoms with E-state index in [2.05, 4.69) is 10.5 Å². The summed E-state index contributed by atoms with van der Waals surface area (Å²) in [6.07, 6.45) is 1.60. The molecule has 1 amide bonds. The number of rotatable bonds is 3. The molecule has 0 bridgehead atoms. The summed E-state index contributed by atoms with van der Waals surface area (Å²) in [6.45, 7) is 0. The summed E-state index contributed by atoms with van der Waals surface area (Å²) in [5.74, 6) is -0.298. The molecule has 0 aliphatic heterocycles. The highest BCUT2D eigenvalue weighted by molar-refractivity contribution is 7.21. The maximum atomic E-state index is 12.1. The maximum Gasteiger partial charge on any atom is 0.283 e. The first-order valence-electron chi connectivity index (χ1n) is 6.31. The number of carbonyl (C=O) groups excluding carboxylic acids is 1. The van der Waals surface area contributed by atoms with Crippen molar-refractivity contribution in [1.82, 2.24) is 5.43 Å². The lowest BCUT2D eigenvalue weighted by molar-refractivity contribution is 0.0959. The first kappa shape index (κ1) is 13.8. The molecule has 21 heavy (non-hydrogen) atoms. The molecule has 0 saturated carbocycles. The van der Waals surface area contributed by atoms with Gasteiger partial charge in [-0.05, 0) is 11.6 Å². The third-order valence-corrected chi connectivity index (χ3v) is 4.59. The van der Waals surface area contributed by atoms with Gasteiger partial charge in [0, 0.05) is 10.1 Å². The van der Waals surface area contributed by atoms with Gasteiger partial charge in [0.15, 0.2) is 0 Å². The minimum absolute atomic E-state index is 0.298. The second kappa shape index (κ2) is 6.08. The molecule has 0 spiro atoms. The van der Waals surface area contributed by atoms with Crippen molar-refractivity contribution in [1.29, 1.82) is 0 Å². The normalized spacial score (nSPS) is 11.1. The lowest BCUT2D eigenvalue weighted by atomic mass is 10.2. The van der Waals surface area contributed by atoms with Crippen LogP contribution >= 0.6 is 22.9 Å². The zero-order chi connectivity index (χ0) is 14.7. The van der Waals surface area contributed by atoms with E-state index in [0.29, 0.717) is 9.90 Å². The average Bonchev–Trinajstić information content (AvgIpc) is 2.86. The van der Waals surface area contributed by atoms with Gasteiger partial charge in [-0.15, -0.1) is 11.3 Å². The van der Waals surface area contributed by atoms with Crippen LogP contribution < -0.4 is 5.43 Å². The Kier molecular flexibility index (Phi) is 3.99. The van der Waals surface area contributed by atoms with E-state index in [0.717, 1.165) is 15.6 Å². The number of hydrogen-bond acceptors (Lipinski definition) is 3. The molecular weight excluding hydrogens is 304 g/mol. The number of nitrogens with one attached hydrogen (secondary N) is 1. The van der Waals surface area contributed by atoms with Crippen molar-refractivity contribution in [3.8, 4) is 0 Å². The van der Waals surface area contributed by atoms with E-state index in [4.69, 9.17) is 11.6 Å². The van der Waals surface area contributed by atoms with E-state index >= 15 is 0 Å². The van der Waals surface area contributed by atoms with Gasteiger partial charge in [-0.25, -0.2) is 5.43 Å². The van der Waals surface area contributed by atoms with Gasteiger partial charge < -0.3 is 0 Å². The fraction of sp³-hybridized carbons (Fsp3) is 0. The highest BCUT2D eigenvalue weighted by atomic mass is 35.5. The molecule has 0 unspecified atom stereocenters. The van der Waals surface area contributed by atoms with Crippen molar-refractivity contribution >= 4 is 45.1 Å². The van der Waals surface area contributed by atoms with Crippen LogP contribution in [0.3, 0.4) is 0 Å². The van der Waals surface area contributed by atoms with Crippen molar-refractivity contribution < 1.29 is 4.79 Å². The predicted octanol–water partition coefficient (Wildman–Crippen LogP) is 4.32. The highest BCUT2D eigenvalue weighted by Gasteiger charge is 2.16. The maximum absolute atomic E-state index is 12.1. The number of thiophene rings is 1. The van der Waals surface area contributed by atoms with Crippen LogP contribution in [-0.2, 0) is 0 Å². The van der Waals surface area contributed by atoms with E-state index in [9.17, 15) is 4.79 Å². The molecule has 0 atom stereocenters. The molecule has 0 radical (unpaired) electrons. The summed E-state index contributed by atoms with van der Waals surface area (Å²) in [6, 6.07) is 17.2. The zero-order valence-electron chi connectivity index (χ0n) is 10.9. The van der Waals surface area contributed by atoms with Gasteiger partial charge in [-0.2, -0.15) is 5.10 Å². The molecule has 2 aromatic carbocycles. The van der Waals surface area contributed by atoms with Crippen LogP contribution in [-0.4, -0.2) is 12.1 Å². The van der Waals surface area contributed by atoms with E-state index < -0.39 is 0 Å². The van der Waals surface area contributed by atoms with Gasteiger partial charge in [0.1, 0.15) is 4.88 Å². The summed E-state index contributed by atoms with van der Waals surface area (Å²) in [4.78, 5) is 12.6. The lowest BCUT2D eigenvalue weighted by Crippen LogP contribution is -2.16. The van der Waals surface area contributed by atoms with Crippen LogP contribution in [0.2, 0.25) is 5.02 Å². The van der Waals surface area contributed by atoms with Gasteiger partial charge in [0.25, 0.3) is 5.91 Å². The number of carbonyl (C=O) groups is 1.